The van der Waals surface area contributed by atoms with Crippen LogP contribution in [0.3, 0.4) is 0 Å². The zero-order valence-corrected chi connectivity index (χ0v) is 10.7. The molecule has 98 valence electrons. The van der Waals surface area contributed by atoms with Gasteiger partial charge in [-0.25, -0.2) is 0 Å². The van der Waals surface area contributed by atoms with E-state index in [9.17, 15) is 4.79 Å². The number of hydrogen-bond acceptors (Lipinski definition) is 3. The molecule has 2 rings (SSSR count). The fourth-order valence-electron chi connectivity index (χ4n) is 3.05. The van der Waals surface area contributed by atoms with E-state index in [-0.39, 0.29) is 12.5 Å². The third-order valence-corrected chi connectivity index (χ3v) is 4.05. The molecule has 0 radical (unpaired) electrons. The average Bonchev–Trinajstić information content (AvgIpc) is 2.77. The minimum Gasteiger partial charge on any atom is -0.396 e. The zero-order chi connectivity index (χ0) is 12.3. The average molecular weight is 240 g/mol. The van der Waals surface area contributed by atoms with Crippen molar-refractivity contribution in [3.05, 3.63) is 0 Å². The van der Waals surface area contributed by atoms with Crippen LogP contribution >= 0.6 is 0 Å². The largest absolute Gasteiger partial charge is 0.396 e. The maximum Gasteiger partial charge on any atom is 0.226 e. The van der Waals surface area contributed by atoms with E-state index in [0.717, 1.165) is 45.4 Å². The molecule has 0 aromatic heterocycles. The van der Waals surface area contributed by atoms with Gasteiger partial charge in [0.1, 0.15) is 0 Å². The SMILES string of the molecule is CC1CNCC(C(=O)N2CCC(CCO)C2)C1. The Morgan fingerprint density at radius 2 is 2.29 bits per heavy atom. The lowest BCUT2D eigenvalue weighted by molar-refractivity contribution is -0.135. The Morgan fingerprint density at radius 1 is 1.47 bits per heavy atom. The number of piperidine rings is 1. The van der Waals surface area contributed by atoms with Gasteiger partial charge in [0, 0.05) is 26.2 Å². The molecule has 2 fully saturated rings. The molecule has 2 aliphatic rings. The molecule has 2 saturated heterocycles. The first-order valence-electron chi connectivity index (χ1n) is 6.81. The minimum atomic E-state index is 0.173. The van der Waals surface area contributed by atoms with Crippen LogP contribution in [0.25, 0.3) is 0 Å². The predicted octanol–water partition coefficient (Wildman–Crippen LogP) is 0.463. The molecule has 0 saturated carbocycles. The molecule has 1 amide bonds. The summed E-state index contributed by atoms with van der Waals surface area (Å²) in [7, 11) is 0. The van der Waals surface area contributed by atoms with Gasteiger partial charge in [-0.2, -0.15) is 0 Å². The Bertz CT molecular complexity index is 270. The number of aliphatic hydroxyl groups excluding tert-OH is 1. The molecule has 2 N–H and O–H groups in total. The van der Waals surface area contributed by atoms with Gasteiger partial charge >= 0.3 is 0 Å². The summed E-state index contributed by atoms with van der Waals surface area (Å²) in [5.41, 5.74) is 0. The smallest absolute Gasteiger partial charge is 0.226 e. The highest BCUT2D eigenvalue weighted by Crippen LogP contribution is 2.24. The van der Waals surface area contributed by atoms with Gasteiger partial charge in [-0.3, -0.25) is 4.79 Å². The molecule has 0 aliphatic carbocycles. The zero-order valence-electron chi connectivity index (χ0n) is 10.7. The second-order valence-electron chi connectivity index (χ2n) is 5.65. The van der Waals surface area contributed by atoms with Crippen molar-refractivity contribution in [3.8, 4) is 0 Å². The van der Waals surface area contributed by atoms with E-state index in [1.807, 2.05) is 4.90 Å². The lowest BCUT2D eigenvalue weighted by atomic mass is 9.91. The van der Waals surface area contributed by atoms with E-state index in [1.165, 1.54) is 0 Å². The number of aliphatic hydroxyl groups is 1. The van der Waals surface area contributed by atoms with Crippen LogP contribution in [0.15, 0.2) is 0 Å². The van der Waals surface area contributed by atoms with Crippen LogP contribution in [-0.4, -0.2) is 48.7 Å². The van der Waals surface area contributed by atoms with Gasteiger partial charge in [0.05, 0.1) is 5.92 Å². The van der Waals surface area contributed by atoms with Gasteiger partial charge in [-0.05, 0) is 37.6 Å². The number of nitrogens with one attached hydrogen (secondary N) is 1. The first-order chi connectivity index (χ1) is 8.20. The van der Waals surface area contributed by atoms with Gasteiger partial charge in [0.25, 0.3) is 0 Å². The normalized spacial score (nSPS) is 34.0. The molecule has 0 aromatic rings. The summed E-state index contributed by atoms with van der Waals surface area (Å²) in [4.78, 5) is 14.3. The van der Waals surface area contributed by atoms with E-state index in [2.05, 4.69) is 12.2 Å². The predicted molar refractivity (Wildman–Crippen MR) is 66.5 cm³/mol. The second kappa shape index (κ2) is 5.83. The van der Waals surface area contributed by atoms with Crippen molar-refractivity contribution in [3.63, 3.8) is 0 Å². The van der Waals surface area contributed by atoms with Crippen LogP contribution in [0.1, 0.15) is 26.2 Å². The lowest BCUT2D eigenvalue weighted by Gasteiger charge is -2.30. The van der Waals surface area contributed by atoms with Gasteiger partial charge in [-0.15, -0.1) is 0 Å². The quantitative estimate of drug-likeness (QED) is 0.753. The standard InChI is InChI=1S/C13H24N2O2/c1-10-6-12(8-14-7-10)13(17)15-4-2-11(9-15)3-5-16/h10-12,14,16H,2-9H2,1H3. The molecule has 17 heavy (non-hydrogen) atoms. The number of carbonyl (C=O) groups is 1. The Labute approximate surface area is 103 Å². The van der Waals surface area contributed by atoms with Crippen LogP contribution in [0, 0.1) is 17.8 Å². The molecule has 0 bridgehead atoms. The van der Waals surface area contributed by atoms with Crippen molar-refractivity contribution in [1.82, 2.24) is 10.2 Å². The summed E-state index contributed by atoms with van der Waals surface area (Å²) in [6.07, 6.45) is 2.91. The van der Waals surface area contributed by atoms with Crippen LogP contribution < -0.4 is 5.32 Å². The fourth-order valence-corrected chi connectivity index (χ4v) is 3.05. The van der Waals surface area contributed by atoms with E-state index >= 15 is 0 Å². The summed E-state index contributed by atoms with van der Waals surface area (Å²) in [5.74, 6) is 1.61. The molecular weight excluding hydrogens is 216 g/mol. The summed E-state index contributed by atoms with van der Waals surface area (Å²) in [6, 6.07) is 0. The number of amides is 1. The maximum atomic E-state index is 12.3. The number of likely N-dealkylation sites (tertiary alicyclic amines) is 1. The highest BCUT2D eigenvalue weighted by Gasteiger charge is 2.32. The molecule has 3 atom stereocenters. The number of nitrogens with zero attached hydrogens (tertiary/aromatic N) is 1. The number of carbonyl (C=O) groups excluding carboxylic acids is 1. The van der Waals surface area contributed by atoms with Crippen molar-refractivity contribution in [2.75, 3.05) is 32.8 Å². The second-order valence-corrected chi connectivity index (χ2v) is 5.65. The minimum absolute atomic E-state index is 0.173. The summed E-state index contributed by atoms with van der Waals surface area (Å²) < 4.78 is 0. The highest BCUT2D eigenvalue weighted by atomic mass is 16.3. The van der Waals surface area contributed by atoms with E-state index in [4.69, 9.17) is 5.11 Å². The van der Waals surface area contributed by atoms with E-state index in [0.29, 0.717) is 17.7 Å². The molecule has 3 unspecified atom stereocenters. The Hall–Kier alpha value is -0.610. The maximum absolute atomic E-state index is 12.3. The van der Waals surface area contributed by atoms with Crippen LogP contribution in [0.5, 0.6) is 0 Å². The Morgan fingerprint density at radius 3 is 3.00 bits per heavy atom. The van der Waals surface area contributed by atoms with Crippen LogP contribution in [0.2, 0.25) is 0 Å². The molecule has 2 aliphatic heterocycles. The summed E-state index contributed by atoms with van der Waals surface area (Å²) >= 11 is 0. The van der Waals surface area contributed by atoms with Gasteiger partial charge < -0.3 is 15.3 Å². The molecule has 2 heterocycles. The third-order valence-electron chi connectivity index (χ3n) is 4.05. The van der Waals surface area contributed by atoms with E-state index < -0.39 is 0 Å². The number of hydrogen-bond donors (Lipinski definition) is 2. The molecule has 4 nitrogen and oxygen atoms in total. The topological polar surface area (TPSA) is 52.6 Å². The third kappa shape index (κ3) is 3.19. The Kier molecular flexibility index (Phi) is 4.40. The van der Waals surface area contributed by atoms with Crippen LogP contribution in [-0.2, 0) is 4.79 Å². The van der Waals surface area contributed by atoms with Crippen molar-refractivity contribution in [2.24, 2.45) is 17.8 Å². The lowest BCUT2D eigenvalue weighted by Crippen LogP contribution is -2.44. The monoisotopic (exact) mass is 240 g/mol. The molecule has 0 aromatic carbocycles. The van der Waals surface area contributed by atoms with Crippen molar-refractivity contribution < 1.29 is 9.90 Å². The number of rotatable bonds is 3. The molecule has 4 heteroatoms. The first-order valence-corrected chi connectivity index (χ1v) is 6.81. The van der Waals surface area contributed by atoms with Gasteiger partial charge in [-0.1, -0.05) is 6.92 Å². The van der Waals surface area contributed by atoms with Crippen molar-refractivity contribution in [2.45, 2.75) is 26.2 Å². The molecule has 0 spiro atoms. The van der Waals surface area contributed by atoms with Gasteiger partial charge in [0.15, 0.2) is 0 Å². The highest BCUT2D eigenvalue weighted by molar-refractivity contribution is 5.79. The van der Waals surface area contributed by atoms with Crippen LogP contribution in [0.4, 0.5) is 0 Å². The summed E-state index contributed by atoms with van der Waals surface area (Å²) in [5, 5.41) is 12.3. The fraction of sp³-hybridized carbons (Fsp3) is 0.923. The first kappa shape index (κ1) is 12.8. The van der Waals surface area contributed by atoms with Crippen molar-refractivity contribution in [1.29, 1.82) is 0 Å². The van der Waals surface area contributed by atoms with E-state index in [1.54, 1.807) is 0 Å². The molecular formula is C13H24N2O2. The summed E-state index contributed by atoms with van der Waals surface area (Å²) in [6.45, 7) is 6.06. The Balaban J connectivity index is 1.83. The van der Waals surface area contributed by atoms with Crippen molar-refractivity contribution >= 4 is 5.91 Å². The van der Waals surface area contributed by atoms with Gasteiger partial charge in [0.2, 0.25) is 5.91 Å².